The highest BCUT2D eigenvalue weighted by molar-refractivity contribution is 7.89. The van der Waals surface area contributed by atoms with Gasteiger partial charge in [-0.2, -0.15) is 4.31 Å². The molecule has 0 bridgehead atoms. The van der Waals surface area contributed by atoms with Crippen molar-refractivity contribution in [3.63, 3.8) is 0 Å². The molecule has 1 aliphatic heterocycles. The van der Waals surface area contributed by atoms with Crippen molar-refractivity contribution in [1.29, 1.82) is 0 Å². The van der Waals surface area contributed by atoms with Crippen LogP contribution in [0.5, 0.6) is 17.2 Å². The maximum Gasteiger partial charge on any atom is 0.243 e. The largest absolute Gasteiger partial charge is 0.497 e. The zero-order valence-electron chi connectivity index (χ0n) is 21.8. The molecule has 3 aromatic carbocycles. The van der Waals surface area contributed by atoms with Crippen LogP contribution in [0.15, 0.2) is 71.6 Å². The lowest BCUT2D eigenvalue weighted by molar-refractivity contribution is 0.00763. The lowest BCUT2D eigenvalue weighted by atomic mass is 10.1. The van der Waals surface area contributed by atoms with Gasteiger partial charge in [0.05, 0.1) is 38.9 Å². The summed E-state index contributed by atoms with van der Waals surface area (Å²) in [6.45, 7) is 2.90. The average Bonchev–Trinajstić information content (AvgIpc) is 2.95. The number of piperazine rings is 1. The van der Waals surface area contributed by atoms with Gasteiger partial charge >= 0.3 is 0 Å². The number of halogens is 1. The molecule has 10 heteroatoms. The molecule has 0 amide bonds. The second-order valence-electron chi connectivity index (χ2n) is 8.93. The average molecular weight is 561 g/mol. The summed E-state index contributed by atoms with van der Waals surface area (Å²) in [6.07, 6.45) is -0.238. The summed E-state index contributed by atoms with van der Waals surface area (Å²) in [5, 5.41) is 0.663. The van der Waals surface area contributed by atoms with E-state index in [1.54, 1.807) is 19.2 Å². The Morgan fingerprint density at radius 3 is 2.26 bits per heavy atom. The van der Waals surface area contributed by atoms with Crippen LogP contribution in [0.1, 0.15) is 17.2 Å². The third-order valence-electron chi connectivity index (χ3n) is 6.55. The smallest absolute Gasteiger partial charge is 0.243 e. The summed E-state index contributed by atoms with van der Waals surface area (Å²) in [5.74, 6) is 1.62. The molecular formula is C28H33ClN2O6S. The first-order valence-electron chi connectivity index (χ1n) is 12.3. The molecule has 8 nitrogen and oxygen atoms in total. The van der Waals surface area contributed by atoms with Gasteiger partial charge in [-0.3, -0.25) is 4.90 Å². The van der Waals surface area contributed by atoms with Gasteiger partial charge in [0.2, 0.25) is 10.0 Å². The maximum atomic E-state index is 13.3. The number of hydrogen-bond donors (Lipinski definition) is 0. The number of methoxy groups -OCH3 is 3. The van der Waals surface area contributed by atoms with E-state index in [9.17, 15) is 8.42 Å². The van der Waals surface area contributed by atoms with Gasteiger partial charge in [0.25, 0.3) is 0 Å². The van der Waals surface area contributed by atoms with E-state index in [0.717, 1.165) is 16.9 Å². The van der Waals surface area contributed by atoms with Gasteiger partial charge in [-0.25, -0.2) is 8.42 Å². The van der Waals surface area contributed by atoms with Gasteiger partial charge in [0.1, 0.15) is 5.75 Å². The van der Waals surface area contributed by atoms with Crippen molar-refractivity contribution in [3.05, 3.63) is 82.9 Å². The molecule has 1 saturated heterocycles. The molecule has 38 heavy (non-hydrogen) atoms. The zero-order valence-corrected chi connectivity index (χ0v) is 23.4. The Balaban J connectivity index is 1.44. The normalized spacial score (nSPS) is 15.7. The van der Waals surface area contributed by atoms with E-state index in [0.29, 0.717) is 55.9 Å². The van der Waals surface area contributed by atoms with Gasteiger partial charge in [-0.05, 0) is 47.5 Å². The first-order chi connectivity index (χ1) is 18.3. The Kier molecular flexibility index (Phi) is 9.51. The Morgan fingerprint density at radius 1 is 0.842 bits per heavy atom. The van der Waals surface area contributed by atoms with Crippen LogP contribution in [-0.2, 0) is 21.4 Å². The van der Waals surface area contributed by atoms with Crippen LogP contribution in [-0.4, -0.2) is 71.7 Å². The fourth-order valence-electron chi connectivity index (χ4n) is 4.43. The van der Waals surface area contributed by atoms with Crippen molar-refractivity contribution >= 4 is 21.6 Å². The maximum absolute atomic E-state index is 13.3. The van der Waals surface area contributed by atoms with Crippen LogP contribution in [0.3, 0.4) is 0 Å². The lowest BCUT2D eigenvalue weighted by Crippen LogP contribution is -2.49. The SMILES string of the molecule is COc1cccc(C(CN2CCN(S(=O)(=O)c3ccc(OC)c(OC)c3)CC2)OCc2cccc(Cl)c2)c1. The second kappa shape index (κ2) is 12.8. The van der Waals surface area contributed by atoms with Gasteiger partial charge < -0.3 is 18.9 Å². The monoisotopic (exact) mass is 560 g/mol. The minimum Gasteiger partial charge on any atom is -0.497 e. The quantitative estimate of drug-likeness (QED) is 0.338. The van der Waals surface area contributed by atoms with Crippen LogP contribution in [0.2, 0.25) is 5.02 Å². The number of sulfonamides is 1. The molecule has 0 saturated carbocycles. The molecule has 0 aromatic heterocycles. The van der Waals surface area contributed by atoms with E-state index in [1.807, 2.05) is 48.5 Å². The summed E-state index contributed by atoms with van der Waals surface area (Å²) in [5.41, 5.74) is 1.97. The minimum absolute atomic E-state index is 0.183. The fraction of sp³-hybridized carbons (Fsp3) is 0.357. The molecule has 0 aliphatic carbocycles. The third kappa shape index (κ3) is 6.78. The molecule has 204 valence electrons. The molecule has 0 radical (unpaired) electrons. The first-order valence-corrected chi connectivity index (χ1v) is 14.1. The van der Waals surface area contributed by atoms with E-state index >= 15 is 0 Å². The summed E-state index contributed by atoms with van der Waals surface area (Å²) in [7, 11) is 0.969. The summed E-state index contributed by atoms with van der Waals surface area (Å²) >= 11 is 6.15. The van der Waals surface area contributed by atoms with Crippen LogP contribution in [0, 0.1) is 0 Å². The molecule has 4 rings (SSSR count). The van der Waals surface area contributed by atoms with Crippen LogP contribution in [0.25, 0.3) is 0 Å². The lowest BCUT2D eigenvalue weighted by Gasteiger charge is -2.36. The number of nitrogens with zero attached hydrogens (tertiary/aromatic N) is 2. The van der Waals surface area contributed by atoms with Crippen LogP contribution < -0.4 is 14.2 Å². The highest BCUT2D eigenvalue weighted by Gasteiger charge is 2.30. The molecule has 0 spiro atoms. The van der Waals surface area contributed by atoms with E-state index in [2.05, 4.69) is 4.90 Å². The minimum atomic E-state index is -3.67. The molecule has 1 atom stereocenters. The highest BCUT2D eigenvalue weighted by Crippen LogP contribution is 2.31. The van der Waals surface area contributed by atoms with Crippen molar-refractivity contribution in [1.82, 2.24) is 9.21 Å². The van der Waals surface area contributed by atoms with Gasteiger partial charge in [0, 0.05) is 43.8 Å². The number of benzene rings is 3. The predicted molar refractivity (Wildman–Crippen MR) is 147 cm³/mol. The molecule has 0 N–H and O–H groups in total. The molecule has 1 unspecified atom stereocenters. The van der Waals surface area contributed by atoms with Gasteiger partial charge in [-0.15, -0.1) is 0 Å². The Labute approximate surface area is 229 Å². The summed E-state index contributed by atoms with van der Waals surface area (Å²) < 4.78 is 50.5. The molecular weight excluding hydrogens is 528 g/mol. The number of hydrogen-bond acceptors (Lipinski definition) is 7. The predicted octanol–water partition coefficient (Wildman–Crippen LogP) is 4.63. The highest BCUT2D eigenvalue weighted by atomic mass is 35.5. The van der Waals surface area contributed by atoms with E-state index in [4.69, 9.17) is 30.5 Å². The zero-order chi connectivity index (χ0) is 27.1. The second-order valence-corrected chi connectivity index (χ2v) is 11.3. The van der Waals surface area contributed by atoms with E-state index in [-0.39, 0.29) is 11.0 Å². The number of ether oxygens (including phenoxy) is 4. The standard InChI is InChI=1S/C28H33ClN2O6S/c1-34-24-9-5-7-22(17-24)28(37-20-21-6-4-8-23(29)16-21)19-30-12-14-31(15-13-30)38(32,33)25-10-11-26(35-2)27(18-25)36-3/h4-11,16-18,28H,12-15,19-20H2,1-3H3. The van der Waals surface area contributed by atoms with Gasteiger partial charge in [-0.1, -0.05) is 35.9 Å². The summed E-state index contributed by atoms with van der Waals surface area (Å²) in [4.78, 5) is 2.41. The molecule has 1 aliphatic rings. The van der Waals surface area contributed by atoms with Gasteiger partial charge in [0.15, 0.2) is 11.5 Å². The molecule has 3 aromatic rings. The topological polar surface area (TPSA) is 77.5 Å². The third-order valence-corrected chi connectivity index (χ3v) is 8.68. The van der Waals surface area contributed by atoms with Crippen LogP contribution >= 0.6 is 11.6 Å². The molecule has 1 heterocycles. The van der Waals surface area contributed by atoms with Crippen molar-refractivity contribution < 1.29 is 27.4 Å². The molecule has 1 fully saturated rings. The van der Waals surface area contributed by atoms with E-state index < -0.39 is 10.0 Å². The van der Waals surface area contributed by atoms with Crippen molar-refractivity contribution in [3.8, 4) is 17.2 Å². The first kappa shape index (κ1) is 28.2. The van der Waals surface area contributed by atoms with Crippen molar-refractivity contribution in [2.75, 3.05) is 54.1 Å². The number of rotatable bonds is 11. The van der Waals surface area contributed by atoms with Crippen molar-refractivity contribution in [2.24, 2.45) is 0 Å². The summed E-state index contributed by atoms with van der Waals surface area (Å²) in [6, 6.07) is 20.1. The van der Waals surface area contributed by atoms with Crippen molar-refractivity contribution in [2.45, 2.75) is 17.6 Å². The van der Waals surface area contributed by atoms with E-state index in [1.165, 1.54) is 24.6 Å². The Morgan fingerprint density at radius 2 is 1.58 bits per heavy atom. The van der Waals surface area contributed by atoms with Crippen LogP contribution in [0.4, 0.5) is 0 Å². The Hall–Kier alpha value is -2.82. The Bertz CT molecular complexity index is 1330. The fourth-order valence-corrected chi connectivity index (χ4v) is 6.08.